The second-order valence-electron chi connectivity index (χ2n) is 3.53. The summed E-state index contributed by atoms with van der Waals surface area (Å²) in [6.07, 6.45) is 0. The average molecular weight is 284 g/mol. The summed E-state index contributed by atoms with van der Waals surface area (Å²) >= 11 is 2.86. The molecule has 94 valence electrons. The van der Waals surface area contributed by atoms with E-state index < -0.39 is 11.8 Å². The van der Waals surface area contributed by atoms with Crippen LogP contribution in [0.2, 0.25) is 0 Å². The molecule has 0 radical (unpaired) electrons. The third-order valence-electron chi connectivity index (χ3n) is 2.07. The summed E-state index contributed by atoms with van der Waals surface area (Å²) in [5, 5.41) is 17.5. The van der Waals surface area contributed by atoms with Crippen LogP contribution in [0.15, 0.2) is 22.5 Å². The molecule has 0 aliphatic rings. The second-order valence-corrected chi connectivity index (χ2v) is 5.93. The SMILES string of the molecule is Cc1nnc(SCc2cc(F)cc(C(=O)O)c2)s1. The quantitative estimate of drug-likeness (QED) is 0.874. The molecule has 0 unspecified atom stereocenters. The molecule has 0 spiro atoms. The van der Waals surface area contributed by atoms with Gasteiger partial charge in [0.05, 0.1) is 5.56 Å². The summed E-state index contributed by atoms with van der Waals surface area (Å²) in [6, 6.07) is 3.80. The first-order valence-corrected chi connectivity index (χ1v) is 6.80. The highest BCUT2D eigenvalue weighted by atomic mass is 32.2. The van der Waals surface area contributed by atoms with Crippen molar-refractivity contribution in [1.29, 1.82) is 0 Å². The first-order valence-electron chi connectivity index (χ1n) is 5.00. The minimum Gasteiger partial charge on any atom is -0.478 e. The number of aromatic carboxylic acids is 1. The molecule has 1 aromatic heterocycles. The maximum Gasteiger partial charge on any atom is 0.335 e. The molecule has 1 heterocycles. The predicted molar refractivity (Wildman–Crippen MR) is 67.6 cm³/mol. The zero-order chi connectivity index (χ0) is 13.1. The van der Waals surface area contributed by atoms with Crippen LogP contribution in [0.3, 0.4) is 0 Å². The van der Waals surface area contributed by atoms with Gasteiger partial charge < -0.3 is 5.11 Å². The number of halogens is 1. The lowest BCUT2D eigenvalue weighted by atomic mass is 10.1. The number of rotatable bonds is 4. The summed E-state index contributed by atoms with van der Waals surface area (Å²) in [4.78, 5) is 10.8. The van der Waals surface area contributed by atoms with E-state index in [4.69, 9.17) is 5.11 Å². The van der Waals surface area contributed by atoms with Crippen molar-refractivity contribution in [1.82, 2.24) is 10.2 Å². The molecule has 4 nitrogen and oxygen atoms in total. The van der Waals surface area contributed by atoms with Crippen LogP contribution < -0.4 is 0 Å². The maximum absolute atomic E-state index is 13.2. The molecule has 0 amide bonds. The Hall–Kier alpha value is -1.47. The molecule has 0 fully saturated rings. The van der Waals surface area contributed by atoms with Gasteiger partial charge in [0.2, 0.25) is 0 Å². The summed E-state index contributed by atoms with van der Waals surface area (Å²) in [5.74, 6) is -1.21. The van der Waals surface area contributed by atoms with Crippen LogP contribution in [0.25, 0.3) is 0 Å². The first kappa shape index (κ1) is 13.0. The van der Waals surface area contributed by atoms with Crippen LogP contribution in [0.1, 0.15) is 20.9 Å². The van der Waals surface area contributed by atoms with Crippen LogP contribution in [-0.2, 0) is 5.75 Å². The van der Waals surface area contributed by atoms with Crippen LogP contribution in [0.4, 0.5) is 4.39 Å². The average Bonchev–Trinajstić information content (AvgIpc) is 2.72. The normalized spacial score (nSPS) is 10.6. The molecule has 0 saturated heterocycles. The van der Waals surface area contributed by atoms with Crippen molar-refractivity contribution in [2.24, 2.45) is 0 Å². The van der Waals surface area contributed by atoms with Crippen LogP contribution in [0, 0.1) is 12.7 Å². The van der Waals surface area contributed by atoms with E-state index in [2.05, 4.69) is 10.2 Å². The Balaban J connectivity index is 2.11. The molecule has 0 saturated carbocycles. The number of carboxylic acids is 1. The third-order valence-corrected chi connectivity index (χ3v) is 4.12. The van der Waals surface area contributed by atoms with Crippen LogP contribution >= 0.6 is 23.1 Å². The highest BCUT2D eigenvalue weighted by Crippen LogP contribution is 2.26. The lowest BCUT2D eigenvalue weighted by Crippen LogP contribution is -1.98. The Morgan fingerprint density at radius 2 is 2.22 bits per heavy atom. The van der Waals surface area contributed by atoms with Crippen molar-refractivity contribution < 1.29 is 14.3 Å². The Kier molecular flexibility index (Phi) is 3.93. The lowest BCUT2D eigenvalue weighted by molar-refractivity contribution is 0.0696. The number of aromatic nitrogens is 2. The fourth-order valence-corrected chi connectivity index (χ4v) is 3.08. The number of benzene rings is 1. The van der Waals surface area contributed by atoms with Gasteiger partial charge in [-0.3, -0.25) is 0 Å². The van der Waals surface area contributed by atoms with Gasteiger partial charge in [-0.15, -0.1) is 10.2 Å². The van der Waals surface area contributed by atoms with Gasteiger partial charge in [0.25, 0.3) is 0 Å². The zero-order valence-electron chi connectivity index (χ0n) is 9.38. The van der Waals surface area contributed by atoms with Gasteiger partial charge >= 0.3 is 5.97 Å². The van der Waals surface area contributed by atoms with E-state index in [-0.39, 0.29) is 5.56 Å². The van der Waals surface area contributed by atoms with Crippen molar-refractivity contribution in [2.45, 2.75) is 17.0 Å². The van der Waals surface area contributed by atoms with Gasteiger partial charge in [0.1, 0.15) is 10.8 Å². The highest BCUT2D eigenvalue weighted by molar-refractivity contribution is 8.00. The van der Waals surface area contributed by atoms with Crippen molar-refractivity contribution >= 4 is 29.1 Å². The molecular formula is C11H9FN2O2S2. The Morgan fingerprint density at radius 3 is 2.83 bits per heavy atom. The van der Waals surface area contributed by atoms with Crippen molar-refractivity contribution in [3.8, 4) is 0 Å². The third kappa shape index (κ3) is 3.27. The molecule has 7 heteroatoms. The molecule has 0 bridgehead atoms. The molecule has 0 atom stereocenters. The molecule has 1 aromatic carbocycles. The molecule has 2 aromatic rings. The first-order chi connectivity index (χ1) is 8.54. The fraction of sp³-hybridized carbons (Fsp3) is 0.182. The van der Waals surface area contributed by atoms with E-state index in [0.717, 1.165) is 15.4 Å². The van der Waals surface area contributed by atoms with E-state index in [1.807, 2.05) is 6.92 Å². The number of aryl methyl sites for hydroxylation is 1. The molecule has 18 heavy (non-hydrogen) atoms. The van der Waals surface area contributed by atoms with E-state index in [1.54, 1.807) is 0 Å². The van der Waals surface area contributed by atoms with Crippen molar-refractivity contribution in [3.63, 3.8) is 0 Å². The summed E-state index contributed by atoms with van der Waals surface area (Å²) < 4.78 is 14.0. The van der Waals surface area contributed by atoms with Gasteiger partial charge in [-0.25, -0.2) is 9.18 Å². The minimum atomic E-state index is -1.13. The Morgan fingerprint density at radius 1 is 1.44 bits per heavy atom. The van der Waals surface area contributed by atoms with Crippen molar-refractivity contribution in [3.05, 3.63) is 40.2 Å². The van der Waals surface area contributed by atoms with Crippen molar-refractivity contribution in [2.75, 3.05) is 0 Å². The summed E-state index contributed by atoms with van der Waals surface area (Å²) in [5.41, 5.74) is 0.573. The Labute approximate surface area is 111 Å². The number of carbonyl (C=O) groups is 1. The number of thioether (sulfide) groups is 1. The van der Waals surface area contributed by atoms with E-state index in [1.165, 1.54) is 35.2 Å². The van der Waals surface area contributed by atoms with Gasteiger partial charge in [0, 0.05) is 5.75 Å². The number of hydrogen-bond acceptors (Lipinski definition) is 5. The monoisotopic (exact) mass is 284 g/mol. The molecule has 0 aliphatic heterocycles. The van der Waals surface area contributed by atoms with E-state index in [0.29, 0.717) is 11.3 Å². The number of hydrogen-bond donors (Lipinski definition) is 1. The highest BCUT2D eigenvalue weighted by Gasteiger charge is 2.08. The van der Waals surface area contributed by atoms with E-state index in [9.17, 15) is 9.18 Å². The minimum absolute atomic E-state index is 0.0426. The van der Waals surface area contributed by atoms with Gasteiger partial charge in [-0.05, 0) is 30.7 Å². The second kappa shape index (κ2) is 5.45. The Bertz CT molecular complexity index is 586. The summed E-state index contributed by atoms with van der Waals surface area (Å²) in [7, 11) is 0. The van der Waals surface area contributed by atoms with Gasteiger partial charge in [-0.1, -0.05) is 23.1 Å². The van der Waals surface area contributed by atoms with Crippen LogP contribution in [0.5, 0.6) is 0 Å². The summed E-state index contributed by atoms with van der Waals surface area (Å²) in [6.45, 7) is 1.85. The maximum atomic E-state index is 13.2. The number of nitrogens with zero attached hydrogens (tertiary/aromatic N) is 2. The van der Waals surface area contributed by atoms with E-state index >= 15 is 0 Å². The fourth-order valence-electron chi connectivity index (χ4n) is 1.34. The largest absolute Gasteiger partial charge is 0.478 e. The molecule has 0 aliphatic carbocycles. The van der Waals surface area contributed by atoms with Crippen LogP contribution in [-0.4, -0.2) is 21.3 Å². The van der Waals surface area contributed by atoms with Gasteiger partial charge in [0.15, 0.2) is 4.34 Å². The standard InChI is InChI=1S/C11H9FN2O2S2/c1-6-13-14-11(18-6)17-5-7-2-8(10(15)16)4-9(12)3-7/h2-4H,5H2,1H3,(H,15,16). The molecule has 2 rings (SSSR count). The lowest BCUT2D eigenvalue weighted by Gasteiger charge is -2.01. The smallest absolute Gasteiger partial charge is 0.335 e. The van der Waals surface area contributed by atoms with Gasteiger partial charge in [-0.2, -0.15) is 0 Å². The number of carboxylic acid groups (broad SMARTS) is 1. The zero-order valence-corrected chi connectivity index (χ0v) is 11.0. The molecule has 1 N–H and O–H groups in total. The topological polar surface area (TPSA) is 63.1 Å². The molecular weight excluding hydrogens is 275 g/mol. The predicted octanol–water partition coefficient (Wildman–Crippen LogP) is 2.98.